The van der Waals surface area contributed by atoms with Crippen molar-refractivity contribution in [1.82, 2.24) is 10.3 Å². The van der Waals surface area contributed by atoms with Gasteiger partial charge in [0.15, 0.2) is 11.6 Å². The number of nitriles is 1. The van der Waals surface area contributed by atoms with Crippen LogP contribution in [0.5, 0.6) is 0 Å². The van der Waals surface area contributed by atoms with Crippen LogP contribution in [-0.2, 0) is 4.79 Å². The third-order valence-electron chi connectivity index (χ3n) is 3.38. The van der Waals surface area contributed by atoms with Crippen LogP contribution in [0, 0.1) is 30.6 Å². The first-order chi connectivity index (χ1) is 11.1. The lowest BCUT2D eigenvalue weighted by Crippen LogP contribution is -2.29. The zero-order chi connectivity index (χ0) is 16.7. The molecule has 0 fully saturated rings. The number of aromatic nitrogens is 1. The maximum absolute atomic E-state index is 11.8. The van der Waals surface area contributed by atoms with Crippen molar-refractivity contribution in [1.29, 1.82) is 5.26 Å². The van der Waals surface area contributed by atoms with Crippen LogP contribution in [0.4, 0.5) is 5.88 Å². The maximum atomic E-state index is 11.8. The summed E-state index contributed by atoms with van der Waals surface area (Å²) < 4.78 is 5.24. The number of carbonyl (C=O) groups excluding carboxylic acids is 1. The molecule has 120 valence electrons. The molecule has 1 aromatic heterocycles. The smallest absolute Gasteiger partial charge is 0.232 e. The molecule has 0 unspecified atom stereocenters. The normalized spacial score (nSPS) is 13.9. The highest BCUT2D eigenvalue weighted by Crippen LogP contribution is 2.35. The fourth-order valence-electron chi connectivity index (χ4n) is 2.07. The summed E-state index contributed by atoms with van der Waals surface area (Å²) >= 11 is 0. The Morgan fingerprint density at radius 2 is 2.17 bits per heavy atom. The molecule has 2 heterocycles. The van der Waals surface area contributed by atoms with Crippen LogP contribution in [0.1, 0.15) is 37.3 Å². The Hall–Kier alpha value is -2.87. The van der Waals surface area contributed by atoms with Gasteiger partial charge in [-0.25, -0.2) is 4.98 Å². The molecule has 0 aliphatic carbocycles. The van der Waals surface area contributed by atoms with Crippen LogP contribution in [0.3, 0.4) is 0 Å². The number of hydrogen-bond donors (Lipinski definition) is 2. The predicted octanol–water partition coefficient (Wildman–Crippen LogP) is 1.74. The van der Waals surface area contributed by atoms with E-state index in [4.69, 9.17) is 16.1 Å². The molecule has 1 aliphatic heterocycles. The number of anilines is 1. The Labute approximate surface area is 134 Å². The molecule has 0 aromatic carbocycles. The van der Waals surface area contributed by atoms with Crippen LogP contribution in [0.25, 0.3) is 0 Å². The maximum Gasteiger partial charge on any atom is 0.232 e. The zero-order valence-corrected chi connectivity index (χ0v) is 12.9. The molecule has 2 rings (SSSR count). The highest BCUT2D eigenvalue weighted by Gasteiger charge is 2.38. The molecule has 2 N–H and O–H groups in total. The number of nitrogens with zero attached hydrogens (tertiary/aromatic N) is 4. The van der Waals surface area contributed by atoms with E-state index in [0.29, 0.717) is 37.7 Å². The average molecular weight is 314 g/mol. The van der Waals surface area contributed by atoms with Gasteiger partial charge in [0.1, 0.15) is 6.07 Å². The molecule has 1 aromatic rings. The minimum Gasteiger partial charge on any atom is -0.424 e. The first-order valence-electron chi connectivity index (χ1n) is 7.34. The number of rotatable bonds is 9. The lowest BCUT2D eigenvalue weighted by atomic mass is 10.0. The van der Waals surface area contributed by atoms with E-state index in [9.17, 15) is 4.79 Å². The summed E-state index contributed by atoms with van der Waals surface area (Å²) in [6, 6.07) is 1.93. The molecule has 0 bridgehead atoms. The Balaban J connectivity index is 1.62. The SMILES string of the molecule is C#CCCC1(CCNC(=O)CCNc2oc(C)nc2C#N)N=N1. The molecule has 1 aliphatic rings. The third-order valence-corrected chi connectivity index (χ3v) is 3.38. The Bertz CT molecular complexity index is 673. The van der Waals surface area contributed by atoms with E-state index in [1.54, 1.807) is 6.92 Å². The van der Waals surface area contributed by atoms with Crippen LogP contribution < -0.4 is 10.6 Å². The number of nitrogens with one attached hydrogen (secondary N) is 2. The van der Waals surface area contributed by atoms with Gasteiger partial charge >= 0.3 is 0 Å². The van der Waals surface area contributed by atoms with Gasteiger partial charge in [0.25, 0.3) is 0 Å². The number of carbonyl (C=O) groups is 1. The van der Waals surface area contributed by atoms with E-state index in [0.717, 1.165) is 6.42 Å². The molecular formula is C15H18N6O2. The first kappa shape index (κ1) is 16.5. The quantitative estimate of drug-likeness (QED) is 0.673. The molecule has 23 heavy (non-hydrogen) atoms. The van der Waals surface area contributed by atoms with Gasteiger partial charge in [0.2, 0.25) is 17.5 Å². The largest absolute Gasteiger partial charge is 0.424 e. The number of amides is 1. The summed E-state index contributed by atoms with van der Waals surface area (Å²) in [5.74, 6) is 3.17. The Morgan fingerprint density at radius 3 is 2.83 bits per heavy atom. The molecule has 8 nitrogen and oxygen atoms in total. The van der Waals surface area contributed by atoms with Gasteiger partial charge in [0.05, 0.1) is 0 Å². The minimum absolute atomic E-state index is 0.0972. The first-order valence-corrected chi connectivity index (χ1v) is 7.34. The minimum atomic E-state index is -0.378. The second-order valence-electron chi connectivity index (χ2n) is 5.19. The van der Waals surface area contributed by atoms with Crippen molar-refractivity contribution >= 4 is 11.8 Å². The van der Waals surface area contributed by atoms with Gasteiger partial charge in [-0.15, -0.1) is 12.3 Å². The molecule has 8 heteroatoms. The standard InChI is InChI=1S/C15H18N6O2/c1-3-4-6-15(20-21-15)7-9-17-13(22)5-8-18-14-12(10-16)19-11(2)23-14/h1,18H,4-9H2,2H3,(H,17,22). The van der Waals surface area contributed by atoms with E-state index in [2.05, 4.69) is 31.8 Å². The van der Waals surface area contributed by atoms with Crippen LogP contribution in [-0.4, -0.2) is 29.6 Å². The fraction of sp³-hybridized carbons (Fsp3) is 0.533. The second-order valence-corrected chi connectivity index (χ2v) is 5.19. The molecular weight excluding hydrogens is 296 g/mol. The van der Waals surface area contributed by atoms with Crippen LogP contribution in [0.2, 0.25) is 0 Å². The highest BCUT2D eigenvalue weighted by atomic mass is 16.4. The monoisotopic (exact) mass is 314 g/mol. The average Bonchev–Trinajstić information content (AvgIpc) is 3.20. The summed E-state index contributed by atoms with van der Waals surface area (Å²) in [5.41, 5.74) is -0.188. The van der Waals surface area contributed by atoms with Crippen LogP contribution >= 0.6 is 0 Å². The summed E-state index contributed by atoms with van der Waals surface area (Å²) in [5, 5.41) is 22.6. The third kappa shape index (κ3) is 4.82. The highest BCUT2D eigenvalue weighted by molar-refractivity contribution is 5.76. The van der Waals surface area contributed by atoms with Gasteiger partial charge in [-0.1, -0.05) is 0 Å². The van der Waals surface area contributed by atoms with Crippen molar-refractivity contribution in [2.75, 3.05) is 18.4 Å². The van der Waals surface area contributed by atoms with Crippen molar-refractivity contribution in [3.8, 4) is 18.4 Å². The summed E-state index contributed by atoms with van der Waals surface area (Å²) in [7, 11) is 0. The molecule has 0 atom stereocenters. The number of aryl methyl sites for hydroxylation is 1. The van der Waals surface area contributed by atoms with Crippen molar-refractivity contribution in [3.63, 3.8) is 0 Å². The van der Waals surface area contributed by atoms with Crippen molar-refractivity contribution in [2.24, 2.45) is 10.2 Å². The molecule has 0 saturated heterocycles. The number of oxazole rings is 1. The summed E-state index contributed by atoms with van der Waals surface area (Å²) in [4.78, 5) is 15.7. The van der Waals surface area contributed by atoms with Crippen molar-refractivity contribution < 1.29 is 9.21 Å². The zero-order valence-electron chi connectivity index (χ0n) is 12.9. The second kappa shape index (κ2) is 7.41. The fourth-order valence-corrected chi connectivity index (χ4v) is 2.07. The van der Waals surface area contributed by atoms with Gasteiger partial charge < -0.3 is 15.1 Å². The van der Waals surface area contributed by atoms with Gasteiger partial charge in [0, 0.05) is 45.7 Å². The Kier molecular flexibility index (Phi) is 5.32. The Morgan fingerprint density at radius 1 is 1.39 bits per heavy atom. The lowest BCUT2D eigenvalue weighted by Gasteiger charge is -2.10. The van der Waals surface area contributed by atoms with Crippen molar-refractivity contribution in [3.05, 3.63) is 11.6 Å². The summed E-state index contributed by atoms with van der Waals surface area (Å²) in [6.07, 6.45) is 7.50. The molecule has 0 radical (unpaired) electrons. The van der Waals surface area contributed by atoms with E-state index >= 15 is 0 Å². The topological polar surface area (TPSA) is 116 Å². The van der Waals surface area contributed by atoms with Gasteiger partial charge in [-0.3, -0.25) is 4.79 Å². The van der Waals surface area contributed by atoms with Gasteiger partial charge in [-0.2, -0.15) is 15.5 Å². The van der Waals surface area contributed by atoms with Gasteiger partial charge in [-0.05, 0) is 0 Å². The van der Waals surface area contributed by atoms with E-state index in [1.807, 2.05) is 6.07 Å². The summed E-state index contributed by atoms with van der Waals surface area (Å²) in [6.45, 7) is 2.51. The molecule has 0 saturated carbocycles. The number of terminal acetylenes is 1. The van der Waals surface area contributed by atoms with Crippen molar-refractivity contribution in [2.45, 2.75) is 38.3 Å². The van der Waals surface area contributed by atoms with Crippen LogP contribution in [0.15, 0.2) is 14.6 Å². The lowest BCUT2D eigenvalue weighted by molar-refractivity contribution is -0.120. The predicted molar refractivity (Wildman–Crippen MR) is 82.3 cm³/mol. The van der Waals surface area contributed by atoms with E-state index in [1.165, 1.54) is 0 Å². The molecule has 0 spiro atoms. The molecule has 1 amide bonds. The van der Waals surface area contributed by atoms with E-state index < -0.39 is 0 Å². The number of hydrogen-bond acceptors (Lipinski definition) is 7. The van der Waals surface area contributed by atoms with E-state index in [-0.39, 0.29) is 23.7 Å².